The summed E-state index contributed by atoms with van der Waals surface area (Å²) in [5.41, 5.74) is 1.65. The molecule has 28 heavy (non-hydrogen) atoms. The van der Waals surface area contributed by atoms with Crippen molar-refractivity contribution in [3.05, 3.63) is 57.7 Å². The molecule has 1 saturated heterocycles. The van der Waals surface area contributed by atoms with E-state index in [1.807, 2.05) is 49.4 Å². The van der Waals surface area contributed by atoms with E-state index in [0.29, 0.717) is 25.3 Å². The molecule has 0 spiro atoms. The van der Waals surface area contributed by atoms with Gasteiger partial charge in [0.2, 0.25) is 5.91 Å². The molecule has 0 aromatic heterocycles. The summed E-state index contributed by atoms with van der Waals surface area (Å²) < 4.78 is 6.58. The van der Waals surface area contributed by atoms with Gasteiger partial charge in [0, 0.05) is 29.7 Å². The summed E-state index contributed by atoms with van der Waals surface area (Å²) >= 11 is 2.12. The number of carbonyl (C=O) groups is 2. The summed E-state index contributed by atoms with van der Waals surface area (Å²) in [5, 5.41) is 2.74. The predicted molar refractivity (Wildman–Crippen MR) is 118 cm³/mol. The van der Waals surface area contributed by atoms with Gasteiger partial charge in [0.15, 0.2) is 0 Å². The number of nitrogens with zero attached hydrogens (tertiary/aromatic N) is 2. The normalized spacial score (nSPS) is 13.9. The number of nitrogens with one attached hydrogen (secondary N) is 1. The highest BCUT2D eigenvalue weighted by atomic mass is 127. The molecule has 0 saturated carbocycles. The van der Waals surface area contributed by atoms with Crippen LogP contribution in [0.3, 0.4) is 0 Å². The lowest BCUT2D eigenvalue weighted by Crippen LogP contribution is -2.51. The van der Waals surface area contributed by atoms with E-state index in [4.69, 9.17) is 4.74 Å². The molecular weight excluding hydrogens is 469 g/mol. The van der Waals surface area contributed by atoms with Crippen molar-refractivity contribution in [2.45, 2.75) is 6.92 Å². The van der Waals surface area contributed by atoms with Gasteiger partial charge in [-0.15, -0.1) is 0 Å². The van der Waals surface area contributed by atoms with E-state index in [9.17, 15) is 9.59 Å². The van der Waals surface area contributed by atoms with Crippen LogP contribution in [0.15, 0.2) is 48.5 Å². The van der Waals surface area contributed by atoms with Crippen LogP contribution in [0.25, 0.3) is 0 Å². The molecule has 0 atom stereocenters. The van der Waals surface area contributed by atoms with Crippen LogP contribution in [0.2, 0.25) is 0 Å². The number of anilines is 1. The van der Waals surface area contributed by atoms with Crippen LogP contribution in [-0.2, 0) is 4.79 Å². The molecule has 2 amide bonds. The minimum atomic E-state index is -0.220. The number of rotatable bonds is 6. The summed E-state index contributed by atoms with van der Waals surface area (Å²) in [5.74, 6) is 0.592. The third-order valence-corrected chi connectivity index (χ3v) is 5.60. The molecule has 0 radical (unpaired) electrons. The first-order valence-corrected chi connectivity index (χ1v) is 10.4. The van der Waals surface area contributed by atoms with Crippen LogP contribution in [0.1, 0.15) is 17.3 Å². The first-order valence-electron chi connectivity index (χ1n) is 9.37. The molecule has 2 aromatic carbocycles. The molecule has 0 bridgehead atoms. The third-order valence-electron chi connectivity index (χ3n) is 4.66. The fourth-order valence-corrected chi connectivity index (χ4v) is 3.83. The maximum atomic E-state index is 12.5. The zero-order valence-electron chi connectivity index (χ0n) is 15.9. The molecule has 3 rings (SSSR count). The lowest BCUT2D eigenvalue weighted by Gasteiger charge is -2.36. The van der Waals surface area contributed by atoms with E-state index < -0.39 is 0 Å². The molecule has 0 unspecified atom stereocenters. The van der Waals surface area contributed by atoms with Crippen molar-refractivity contribution >= 4 is 40.1 Å². The van der Waals surface area contributed by atoms with Crippen molar-refractivity contribution < 1.29 is 14.3 Å². The van der Waals surface area contributed by atoms with Gasteiger partial charge in [-0.25, -0.2) is 0 Å². The summed E-state index contributed by atoms with van der Waals surface area (Å²) in [7, 11) is 0. The smallest absolute Gasteiger partial charge is 0.252 e. The van der Waals surface area contributed by atoms with Gasteiger partial charge in [0.05, 0.1) is 24.4 Å². The molecule has 0 aliphatic carbocycles. The largest absolute Gasteiger partial charge is 0.492 e. The van der Waals surface area contributed by atoms with E-state index in [1.54, 1.807) is 11.0 Å². The Hall–Kier alpha value is -2.29. The molecule has 1 N–H and O–H groups in total. The summed E-state index contributed by atoms with van der Waals surface area (Å²) in [6, 6.07) is 15.3. The number of ether oxygens (including phenoxy) is 1. The summed E-state index contributed by atoms with van der Waals surface area (Å²) in [6.07, 6.45) is 0. The molecule has 148 valence electrons. The number of carbonyl (C=O) groups excluding carboxylic acids is 2. The SMILES string of the molecule is CCOc1ccccc1N1CCN(C(=O)CNC(=O)c2ccccc2I)CC1. The number of benzene rings is 2. The fourth-order valence-electron chi connectivity index (χ4n) is 3.20. The molecular formula is C21H24IN3O3. The molecule has 1 aliphatic heterocycles. The van der Waals surface area contributed by atoms with Crippen LogP contribution < -0.4 is 15.0 Å². The average molecular weight is 493 g/mol. The average Bonchev–Trinajstić information content (AvgIpc) is 2.73. The highest BCUT2D eigenvalue weighted by Gasteiger charge is 2.23. The van der Waals surface area contributed by atoms with Crippen molar-refractivity contribution in [3.8, 4) is 5.75 Å². The maximum absolute atomic E-state index is 12.5. The van der Waals surface area contributed by atoms with Gasteiger partial charge in [0.1, 0.15) is 5.75 Å². The second-order valence-corrected chi connectivity index (χ2v) is 7.59. The molecule has 6 nitrogen and oxygen atoms in total. The molecule has 1 heterocycles. The Morgan fingerprint density at radius 2 is 1.71 bits per heavy atom. The second kappa shape index (κ2) is 9.77. The van der Waals surface area contributed by atoms with Crippen molar-refractivity contribution in [1.82, 2.24) is 10.2 Å². The Morgan fingerprint density at radius 3 is 2.43 bits per heavy atom. The van der Waals surface area contributed by atoms with E-state index in [2.05, 4.69) is 32.8 Å². The Bertz CT molecular complexity index is 835. The Kier molecular flexibility index (Phi) is 7.13. The fraction of sp³-hybridized carbons (Fsp3) is 0.333. The van der Waals surface area contributed by atoms with Gasteiger partial charge in [-0.1, -0.05) is 24.3 Å². The second-order valence-electron chi connectivity index (χ2n) is 6.43. The van der Waals surface area contributed by atoms with Crippen molar-refractivity contribution in [2.24, 2.45) is 0 Å². The predicted octanol–water partition coefficient (Wildman–Crippen LogP) is 2.77. The first-order chi connectivity index (χ1) is 13.6. The first kappa shape index (κ1) is 20.4. The van der Waals surface area contributed by atoms with Crippen LogP contribution in [0.4, 0.5) is 5.69 Å². The number of hydrogen-bond donors (Lipinski definition) is 1. The lowest BCUT2D eigenvalue weighted by molar-refractivity contribution is -0.130. The van der Waals surface area contributed by atoms with Gasteiger partial charge < -0.3 is 19.9 Å². The van der Waals surface area contributed by atoms with E-state index in [-0.39, 0.29) is 18.4 Å². The minimum Gasteiger partial charge on any atom is -0.492 e. The Balaban J connectivity index is 1.52. The van der Waals surface area contributed by atoms with Crippen LogP contribution in [0, 0.1) is 3.57 Å². The maximum Gasteiger partial charge on any atom is 0.252 e. The van der Waals surface area contributed by atoms with E-state index in [0.717, 1.165) is 28.1 Å². The highest BCUT2D eigenvalue weighted by molar-refractivity contribution is 14.1. The standard InChI is InChI=1S/C21H24IN3O3/c1-2-28-19-10-6-5-9-18(19)24-11-13-25(14-12-24)20(26)15-23-21(27)16-7-3-4-8-17(16)22/h3-10H,2,11-15H2,1H3,(H,23,27). The molecule has 1 fully saturated rings. The lowest BCUT2D eigenvalue weighted by atomic mass is 10.2. The topological polar surface area (TPSA) is 61.9 Å². The molecule has 1 aliphatic rings. The molecule has 2 aromatic rings. The van der Waals surface area contributed by atoms with Crippen LogP contribution >= 0.6 is 22.6 Å². The zero-order chi connectivity index (χ0) is 19.9. The van der Waals surface area contributed by atoms with E-state index >= 15 is 0 Å². The Labute approximate surface area is 179 Å². The van der Waals surface area contributed by atoms with Gasteiger partial charge in [0.25, 0.3) is 5.91 Å². The van der Waals surface area contributed by atoms with Crippen LogP contribution in [0.5, 0.6) is 5.75 Å². The highest BCUT2D eigenvalue weighted by Crippen LogP contribution is 2.28. The van der Waals surface area contributed by atoms with Crippen molar-refractivity contribution in [3.63, 3.8) is 0 Å². The quantitative estimate of drug-likeness (QED) is 0.629. The minimum absolute atomic E-state index is 0.0132. The van der Waals surface area contributed by atoms with Crippen molar-refractivity contribution in [1.29, 1.82) is 0 Å². The summed E-state index contributed by atoms with van der Waals surface area (Å²) in [4.78, 5) is 28.8. The van der Waals surface area contributed by atoms with Gasteiger partial charge in [-0.2, -0.15) is 0 Å². The van der Waals surface area contributed by atoms with Gasteiger partial charge in [-0.05, 0) is 53.8 Å². The summed E-state index contributed by atoms with van der Waals surface area (Å²) in [6.45, 7) is 5.32. The monoisotopic (exact) mass is 493 g/mol. The van der Waals surface area contributed by atoms with Gasteiger partial charge in [-0.3, -0.25) is 9.59 Å². The third kappa shape index (κ3) is 4.95. The molecule has 7 heteroatoms. The van der Waals surface area contributed by atoms with Crippen molar-refractivity contribution in [2.75, 3.05) is 44.2 Å². The van der Waals surface area contributed by atoms with Crippen LogP contribution in [-0.4, -0.2) is 56.0 Å². The number of piperazine rings is 1. The number of para-hydroxylation sites is 2. The van der Waals surface area contributed by atoms with Gasteiger partial charge >= 0.3 is 0 Å². The number of hydrogen-bond acceptors (Lipinski definition) is 4. The zero-order valence-corrected chi connectivity index (χ0v) is 18.0. The number of amides is 2. The Morgan fingerprint density at radius 1 is 1.04 bits per heavy atom. The number of halogens is 1. The van der Waals surface area contributed by atoms with E-state index in [1.165, 1.54) is 0 Å².